The summed E-state index contributed by atoms with van der Waals surface area (Å²) in [6.07, 6.45) is 3.68. The van der Waals surface area contributed by atoms with Gasteiger partial charge in [-0.3, -0.25) is 14.3 Å². The maximum Gasteiger partial charge on any atom is 0.306 e. The van der Waals surface area contributed by atoms with E-state index in [2.05, 4.69) is 10.4 Å². The second-order valence-corrected chi connectivity index (χ2v) is 5.37. The maximum atomic E-state index is 12.0. The molecule has 0 spiro atoms. The fourth-order valence-electron chi connectivity index (χ4n) is 2.55. The third kappa shape index (κ3) is 4.29. The smallest absolute Gasteiger partial charge is 0.306 e. The summed E-state index contributed by atoms with van der Waals surface area (Å²) >= 11 is 0. The topological polar surface area (TPSA) is 87.5 Å². The highest BCUT2D eigenvalue weighted by Crippen LogP contribution is 2.17. The molecule has 0 atom stereocenters. The zero-order valence-corrected chi connectivity index (χ0v) is 12.3. The van der Waals surface area contributed by atoms with Crippen molar-refractivity contribution in [2.45, 2.75) is 19.3 Å². The van der Waals surface area contributed by atoms with Crippen LogP contribution in [0.5, 0.6) is 0 Å². The number of aromatic nitrogens is 2. The van der Waals surface area contributed by atoms with Gasteiger partial charge in [0.1, 0.15) is 0 Å². The van der Waals surface area contributed by atoms with Crippen molar-refractivity contribution in [3.05, 3.63) is 18.0 Å². The van der Waals surface area contributed by atoms with Crippen molar-refractivity contribution in [2.75, 3.05) is 26.2 Å². The number of hydrogen-bond acceptors (Lipinski definition) is 4. The van der Waals surface area contributed by atoms with Crippen LogP contribution in [0.1, 0.15) is 18.5 Å². The van der Waals surface area contributed by atoms with E-state index >= 15 is 0 Å². The van der Waals surface area contributed by atoms with Crippen LogP contribution < -0.4 is 5.32 Å². The summed E-state index contributed by atoms with van der Waals surface area (Å²) in [7, 11) is 1.90. The van der Waals surface area contributed by atoms with Crippen LogP contribution in [0.25, 0.3) is 0 Å². The number of rotatable bonds is 6. The minimum atomic E-state index is -0.753. The van der Waals surface area contributed by atoms with Gasteiger partial charge in [-0.2, -0.15) is 5.10 Å². The molecule has 1 aromatic rings. The summed E-state index contributed by atoms with van der Waals surface area (Å²) in [5, 5.41) is 16.2. The van der Waals surface area contributed by atoms with E-state index in [-0.39, 0.29) is 11.8 Å². The number of aryl methyl sites for hydroxylation is 1. The minimum Gasteiger partial charge on any atom is -0.481 e. The summed E-state index contributed by atoms with van der Waals surface area (Å²) in [6, 6.07) is 1.96. The number of carboxylic acid groups (broad SMARTS) is 1. The van der Waals surface area contributed by atoms with Crippen LogP contribution in [-0.4, -0.2) is 57.8 Å². The molecule has 1 aromatic heterocycles. The minimum absolute atomic E-state index is 0.0452. The Morgan fingerprint density at radius 2 is 2.14 bits per heavy atom. The molecule has 21 heavy (non-hydrogen) atoms. The van der Waals surface area contributed by atoms with Gasteiger partial charge in [-0.05, 0) is 18.9 Å². The molecule has 1 saturated heterocycles. The van der Waals surface area contributed by atoms with E-state index in [1.807, 2.05) is 17.8 Å². The number of carbonyl (C=O) groups is 2. The molecule has 1 aliphatic heterocycles. The van der Waals surface area contributed by atoms with E-state index < -0.39 is 5.97 Å². The molecule has 0 radical (unpaired) electrons. The Kier molecular flexibility index (Phi) is 5.32. The summed E-state index contributed by atoms with van der Waals surface area (Å²) in [5.41, 5.74) is 1.12. The van der Waals surface area contributed by atoms with Crippen LogP contribution >= 0.6 is 0 Å². The lowest BCUT2D eigenvalue weighted by atomic mass is 9.97. The van der Waals surface area contributed by atoms with Crippen molar-refractivity contribution >= 4 is 11.9 Å². The lowest BCUT2D eigenvalue weighted by Gasteiger charge is -2.30. The van der Waals surface area contributed by atoms with Crippen LogP contribution in [0, 0.1) is 5.92 Å². The van der Waals surface area contributed by atoms with Crippen molar-refractivity contribution in [2.24, 2.45) is 13.0 Å². The lowest BCUT2D eigenvalue weighted by molar-refractivity contribution is -0.145. The summed E-state index contributed by atoms with van der Waals surface area (Å²) in [4.78, 5) is 24.6. The van der Waals surface area contributed by atoms with E-state index in [0.717, 1.165) is 18.7 Å². The van der Waals surface area contributed by atoms with E-state index in [9.17, 15) is 9.59 Å². The Hall–Kier alpha value is -1.89. The van der Waals surface area contributed by atoms with Gasteiger partial charge in [-0.15, -0.1) is 0 Å². The van der Waals surface area contributed by atoms with Gasteiger partial charge in [-0.25, -0.2) is 0 Å². The molecule has 1 amide bonds. The normalized spacial score (nSPS) is 16.1. The highest BCUT2D eigenvalue weighted by Gasteiger charge is 2.26. The van der Waals surface area contributed by atoms with E-state index in [0.29, 0.717) is 32.5 Å². The third-order valence-corrected chi connectivity index (χ3v) is 3.95. The number of piperidine rings is 1. The second-order valence-electron chi connectivity index (χ2n) is 5.37. The van der Waals surface area contributed by atoms with Crippen LogP contribution in [0.15, 0.2) is 12.3 Å². The molecule has 7 heteroatoms. The van der Waals surface area contributed by atoms with Gasteiger partial charge >= 0.3 is 5.97 Å². The molecule has 1 fully saturated rings. The number of amides is 1. The quantitative estimate of drug-likeness (QED) is 0.714. The molecule has 2 heterocycles. The van der Waals surface area contributed by atoms with Gasteiger partial charge in [0, 0.05) is 45.0 Å². The molecular weight excluding hydrogens is 272 g/mol. The molecule has 7 nitrogen and oxygen atoms in total. The van der Waals surface area contributed by atoms with Crippen molar-refractivity contribution in [1.82, 2.24) is 20.0 Å². The molecule has 0 unspecified atom stereocenters. The van der Waals surface area contributed by atoms with Gasteiger partial charge in [0.25, 0.3) is 0 Å². The van der Waals surface area contributed by atoms with Gasteiger partial charge in [-0.1, -0.05) is 0 Å². The van der Waals surface area contributed by atoms with Crippen LogP contribution in [0.3, 0.4) is 0 Å². The van der Waals surface area contributed by atoms with Gasteiger partial charge < -0.3 is 15.3 Å². The van der Waals surface area contributed by atoms with Crippen molar-refractivity contribution in [3.63, 3.8) is 0 Å². The van der Waals surface area contributed by atoms with Gasteiger partial charge in [0.2, 0.25) is 5.91 Å². The standard InChI is InChI=1S/C14H22N4O3/c1-17-12(3-7-16-17)2-6-15-10-13(19)18-8-4-11(5-9-18)14(20)21/h3,7,11,15H,2,4-6,8-10H2,1H3,(H,20,21). The molecule has 1 aliphatic rings. The third-order valence-electron chi connectivity index (χ3n) is 3.95. The fraction of sp³-hybridized carbons (Fsp3) is 0.643. The number of nitrogens with zero attached hydrogens (tertiary/aromatic N) is 3. The van der Waals surface area contributed by atoms with Gasteiger partial charge in [0.15, 0.2) is 0 Å². The highest BCUT2D eigenvalue weighted by atomic mass is 16.4. The SMILES string of the molecule is Cn1nccc1CCNCC(=O)N1CCC(C(=O)O)CC1. The molecule has 116 valence electrons. The van der Waals surface area contributed by atoms with E-state index in [4.69, 9.17) is 5.11 Å². The second kappa shape index (κ2) is 7.21. The fourth-order valence-corrected chi connectivity index (χ4v) is 2.55. The van der Waals surface area contributed by atoms with E-state index in [1.54, 1.807) is 11.1 Å². The predicted molar refractivity (Wildman–Crippen MR) is 76.7 cm³/mol. The molecule has 0 bridgehead atoms. The zero-order chi connectivity index (χ0) is 15.2. The average Bonchev–Trinajstić information content (AvgIpc) is 2.89. The number of carbonyl (C=O) groups excluding carboxylic acids is 1. The Bertz CT molecular complexity index is 492. The number of nitrogens with one attached hydrogen (secondary N) is 1. The molecule has 0 saturated carbocycles. The van der Waals surface area contributed by atoms with Gasteiger partial charge in [0.05, 0.1) is 12.5 Å². The molecule has 2 N–H and O–H groups in total. The molecule has 0 aliphatic carbocycles. The molecule has 0 aromatic carbocycles. The lowest BCUT2D eigenvalue weighted by Crippen LogP contribution is -2.44. The van der Waals surface area contributed by atoms with Crippen LogP contribution in [-0.2, 0) is 23.1 Å². The van der Waals surface area contributed by atoms with Crippen molar-refractivity contribution in [3.8, 4) is 0 Å². The largest absolute Gasteiger partial charge is 0.481 e. The number of likely N-dealkylation sites (tertiary alicyclic amines) is 1. The number of aliphatic carboxylic acids is 1. The Balaban J connectivity index is 1.64. The molecule has 2 rings (SSSR count). The Labute approximate surface area is 123 Å². The summed E-state index contributed by atoms with van der Waals surface area (Å²) in [5.74, 6) is -1.01. The monoisotopic (exact) mass is 294 g/mol. The van der Waals surface area contributed by atoms with E-state index in [1.165, 1.54) is 0 Å². The number of hydrogen-bond donors (Lipinski definition) is 2. The zero-order valence-electron chi connectivity index (χ0n) is 12.3. The van der Waals surface area contributed by atoms with Crippen molar-refractivity contribution in [1.29, 1.82) is 0 Å². The summed E-state index contributed by atoms with van der Waals surface area (Å²) in [6.45, 7) is 2.10. The first-order valence-corrected chi connectivity index (χ1v) is 7.26. The molecular formula is C14H22N4O3. The Morgan fingerprint density at radius 3 is 2.71 bits per heavy atom. The first-order chi connectivity index (χ1) is 10.1. The van der Waals surface area contributed by atoms with Crippen LogP contribution in [0.2, 0.25) is 0 Å². The highest BCUT2D eigenvalue weighted by molar-refractivity contribution is 5.78. The predicted octanol–water partition coefficient (Wildman–Crippen LogP) is -0.125. The van der Waals surface area contributed by atoms with Crippen LogP contribution in [0.4, 0.5) is 0 Å². The maximum absolute atomic E-state index is 12.0. The summed E-state index contributed by atoms with van der Waals surface area (Å²) < 4.78 is 1.82. The average molecular weight is 294 g/mol. The first kappa shape index (κ1) is 15.5. The number of carboxylic acids is 1. The first-order valence-electron chi connectivity index (χ1n) is 7.26. The van der Waals surface area contributed by atoms with Crippen molar-refractivity contribution < 1.29 is 14.7 Å². The Morgan fingerprint density at radius 1 is 1.43 bits per heavy atom.